The van der Waals surface area contributed by atoms with Crippen LogP contribution in [0.15, 0.2) is 36.4 Å². The van der Waals surface area contributed by atoms with Crippen LogP contribution >= 0.6 is 0 Å². The van der Waals surface area contributed by atoms with Gasteiger partial charge in [0.25, 0.3) is 5.69 Å². The second-order valence-corrected chi connectivity index (χ2v) is 5.17. The van der Waals surface area contributed by atoms with E-state index in [-0.39, 0.29) is 12.3 Å². The fourth-order valence-electron chi connectivity index (χ4n) is 2.42. The predicted octanol–water partition coefficient (Wildman–Crippen LogP) is 3.96. The van der Waals surface area contributed by atoms with Crippen LogP contribution in [0.5, 0.6) is 11.5 Å². The van der Waals surface area contributed by atoms with Gasteiger partial charge in [-0.05, 0) is 30.7 Å². The third-order valence-corrected chi connectivity index (χ3v) is 3.60. The van der Waals surface area contributed by atoms with Crippen molar-refractivity contribution in [3.8, 4) is 11.5 Å². The van der Waals surface area contributed by atoms with E-state index in [2.05, 4.69) is 0 Å². The van der Waals surface area contributed by atoms with E-state index in [0.717, 1.165) is 0 Å². The molecule has 2 aromatic rings. The number of nitro groups is 1. The van der Waals surface area contributed by atoms with Gasteiger partial charge in [0.05, 0.1) is 31.3 Å². The standard InChI is InChI=1S/C19H19NO6/c1-4-26-19(21)16-10-11-17(24-2)18(25-3)15(16)9-8-13-6-5-7-14(12-13)20(22)23/h5-12H,4H2,1-3H3. The highest BCUT2D eigenvalue weighted by Gasteiger charge is 2.18. The largest absolute Gasteiger partial charge is 0.493 e. The first-order chi connectivity index (χ1) is 12.5. The molecule has 0 aliphatic carbocycles. The summed E-state index contributed by atoms with van der Waals surface area (Å²) in [5, 5.41) is 10.9. The van der Waals surface area contributed by atoms with E-state index in [1.807, 2.05) is 0 Å². The van der Waals surface area contributed by atoms with Gasteiger partial charge in [0.15, 0.2) is 11.5 Å². The summed E-state index contributed by atoms with van der Waals surface area (Å²) in [7, 11) is 2.97. The van der Waals surface area contributed by atoms with Gasteiger partial charge >= 0.3 is 5.97 Å². The third-order valence-electron chi connectivity index (χ3n) is 3.60. The first-order valence-electron chi connectivity index (χ1n) is 7.86. The number of carbonyl (C=O) groups is 1. The van der Waals surface area contributed by atoms with Crippen LogP contribution in [0.4, 0.5) is 5.69 Å². The number of hydrogen-bond acceptors (Lipinski definition) is 6. The molecule has 0 bridgehead atoms. The lowest BCUT2D eigenvalue weighted by Crippen LogP contribution is -2.08. The van der Waals surface area contributed by atoms with Gasteiger partial charge in [-0.2, -0.15) is 0 Å². The smallest absolute Gasteiger partial charge is 0.338 e. The Kier molecular flexibility index (Phi) is 6.32. The molecular formula is C19H19NO6. The molecule has 2 aromatic carbocycles. The van der Waals surface area contributed by atoms with Crippen LogP contribution in [0.3, 0.4) is 0 Å². The van der Waals surface area contributed by atoms with Crippen LogP contribution in [-0.2, 0) is 4.74 Å². The zero-order valence-corrected chi connectivity index (χ0v) is 14.7. The van der Waals surface area contributed by atoms with Gasteiger partial charge in [-0.15, -0.1) is 0 Å². The summed E-state index contributed by atoms with van der Waals surface area (Å²) < 4.78 is 15.8. The Balaban J connectivity index is 2.53. The van der Waals surface area contributed by atoms with Crippen LogP contribution in [0, 0.1) is 10.1 Å². The molecular weight excluding hydrogens is 338 g/mol. The average molecular weight is 357 g/mol. The van der Waals surface area contributed by atoms with Crippen molar-refractivity contribution in [1.29, 1.82) is 0 Å². The van der Waals surface area contributed by atoms with Gasteiger partial charge in [-0.3, -0.25) is 10.1 Å². The van der Waals surface area contributed by atoms with Crippen LogP contribution in [-0.4, -0.2) is 31.7 Å². The van der Waals surface area contributed by atoms with Crippen molar-refractivity contribution >= 4 is 23.8 Å². The first kappa shape index (κ1) is 19.0. The normalized spacial score (nSPS) is 10.6. The molecule has 0 saturated heterocycles. The number of non-ortho nitro benzene ring substituents is 1. The molecule has 0 aromatic heterocycles. The number of benzene rings is 2. The summed E-state index contributed by atoms with van der Waals surface area (Å²) >= 11 is 0. The van der Waals surface area contributed by atoms with Crippen molar-refractivity contribution in [2.75, 3.05) is 20.8 Å². The Morgan fingerprint density at radius 2 is 1.92 bits per heavy atom. The molecule has 26 heavy (non-hydrogen) atoms. The quantitative estimate of drug-likeness (QED) is 0.323. The van der Waals surface area contributed by atoms with Gasteiger partial charge in [0, 0.05) is 17.7 Å². The molecule has 7 nitrogen and oxygen atoms in total. The maximum absolute atomic E-state index is 12.2. The molecule has 0 N–H and O–H groups in total. The minimum absolute atomic E-state index is 0.0182. The number of methoxy groups -OCH3 is 2. The summed E-state index contributed by atoms with van der Waals surface area (Å²) in [5.41, 5.74) is 1.37. The summed E-state index contributed by atoms with van der Waals surface area (Å²) in [6.07, 6.45) is 3.31. The van der Waals surface area contributed by atoms with E-state index >= 15 is 0 Å². The molecule has 0 aliphatic heterocycles. The molecule has 0 spiro atoms. The van der Waals surface area contributed by atoms with Crippen molar-refractivity contribution in [2.45, 2.75) is 6.92 Å². The van der Waals surface area contributed by atoms with E-state index in [1.165, 1.54) is 26.4 Å². The van der Waals surface area contributed by atoms with Gasteiger partial charge in [-0.25, -0.2) is 4.79 Å². The predicted molar refractivity (Wildman–Crippen MR) is 97.5 cm³/mol. The van der Waals surface area contributed by atoms with Gasteiger partial charge in [0.1, 0.15) is 0 Å². The number of esters is 1. The van der Waals surface area contributed by atoms with Crippen LogP contribution in [0.2, 0.25) is 0 Å². The number of carbonyl (C=O) groups excluding carboxylic acids is 1. The topological polar surface area (TPSA) is 87.9 Å². The zero-order valence-electron chi connectivity index (χ0n) is 14.7. The molecule has 2 rings (SSSR count). The van der Waals surface area contributed by atoms with Gasteiger partial charge < -0.3 is 14.2 Å². The number of rotatable bonds is 7. The fourth-order valence-corrected chi connectivity index (χ4v) is 2.42. The summed E-state index contributed by atoms with van der Waals surface area (Å²) in [6, 6.07) is 9.37. The number of nitro benzene ring substituents is 1. The Morgan fingerprint density at radius 3 is 2.54 bits per heavy atom. The second-order valence-electron chi connectivity index (χ2n) is 5.17. The summed E-state index contributed by atoms with van der Waals surface area (Å²) in [4.78, 5) is 22.7. The number of hydrogen-bond donors (Lipinski definition) is 0. The van der Waals surface area contributed by atoms with E-state index in [1.54, 1.807) is 43.3 Å². The van der Waals surface area contributed by atoms with E-state index < -0.39 is 10.9 Å². The Bertz CT molecular complexity index is 844. The molecule has 0 amide bonds. The van der Waals surface area contributed by atoms with E-state index in [9.17, 15) is 14.9 Å². The fraction of sp³-hybridized carbons (Fsp3) is 0.211. The second kappa shape index (κ2) is 8.66. The maximum Gasteiger partial charge on any atom is 0.338 e. The molecule has 0 atom stereocenters. The molecule has 0 saturated carbocycles. The highest BCUT2D eigenvalue weighted by Crippen LogP contribution is 2.35. The molecule has 0 heterocycles. The maximum atomic E-state index is 12.2. The highest BCUT2D eigenvalue weighted by atomic mass is 16.6. The molecule has 136 valence electrons. The molecule has 7 heteroatoms. The summed E-state index contributed by atoms with van der Waals surface area (Å²) in [6.45, 7) is 1.96. The van der Waals surface area contributed by atoms with E-state index in [4.69, 9.17) is 14.2 Å². The van der Waals surface area contributed by atoms with Crippen molar-refractivity contribution < 1.29 is 23.9 Å². The Morgan fingerprint density at radius 1 is 1.15 bits per heavy atom. The zero-order chi connectivity index (χ0) is 19.1. The Labute approximate surface area is 151 Å². The van der Waals surface area contributed by atoms with E-state index in [0.29, 0.717) is 28.2 Å². The first-order valence-corrected chi connectivity index (χ1v) is 7.86. The van der Waals surface area contributed by atoms with Gasteiger partial charge in [0.2, 0.25) is 0 Å². The molecule has 0 radical (unpaired) electrons. The van der Waals surface area contributed by atoms with Crippen LogP contribution < -0.4 is 9.47 Å². The monoisotopic (exact) mass is 357 g/mol. The number of ether oxygens (including phenoxy) is 3. The molecule has 0 fully saturated rings. The summed E-state index contributed by atoms with van der Waals surface area (Å²) in [5.74, 6) is 0.339. The lowest BCUT2D eigenvalue weighted by atomic mass is 10.0. The van der Waals surface area contributed by atoms with Crippen LogP contribution in [0.25, 0.3) is 12.2 Å². The van der Waals surface area contributed by atoms with Crippen molar-refractivity contribution in [3.63, 3.8) is 0 Å². The van der Waals surface area contributed by atoms with Crippen molar-refractivity contribution in [2.24, 2.45) is 0 Å². The lowest BCUT2D eigenvalue weighted by Gasteiger charge is -2.14. The number of nitrogens with zero attached hydrogens (tertiary/aromatic N) is 1. The van der Waals surface area contributed by atoms with Gasteiger partial charge in [-0.1, -0.05) is 18.2 Å². The SMILES string of the molecule is CCOC(=O)c1ccc(OC)c(OC)c1C=Cc1cccc([N+](=O)[O-])c1. The lowest BCUT2D eigenvalue weighted by molar-refractivity contribution is -0.384. The minimum Gasteiger partial charge on any atom is -0.493 e. The minimum atomic E-state index is -0.493. The Hall–Kier alpha value is -3.35. The average Bonchev–Trinajstić information content (AvgIpc) is 2.65. The van der Waals surface area contributed by atoms with Crippen molar-refractivity contribution in [3.05, 3.63) is 63.2 Å². The highest BCUT2D eigenvalue weighted by molar-refractivity contribution is 5.97. The third kappa shape index (κ3) is 4.18. The van der Waals surface area contributed by atoms with Crippen molar-refractivity contribution in [1.82, 2.24) is 0 Å². The molecule has 0 aliphatic rings. The van der Waals surface area contributed by atoms with Crippen LogP contribution in [0.1, 0.15) is 28.4 Å². The molecule has 0 unspecified atom stereocenters.